The number of nitro benzene ring substituents is 1. The number of nitro groups is 1. The van der Waals surface area contributed by atoms with Crippen molar-refractivity contribution in [3.05, 3.63) is 96.1 Å². The number of hydrogen-bond acceptors (Lipinski definition) is 6. The van der Waals surface area contributed by atoms with Crippen molar-refractivity contribution in [2.45, 2.75) is 6.61 Å². The molecule has 8 nitrogen and oxygen atoms in total. The zero-order valence-electron chi connectivity index (χ0n) is 17.7. The molecule has 0 aliphatic heterocycles. The monoisotopic (exact) mass is 589 g/mol. The summed E-state index contributed by atoms with van der Waals surface area (Å²) >= 11 is 8.12. The summed E-state index contributed by atoms with van der Waals surface area (Å²) in [5.41, 5.74) is 1.29. The molecule has 3 rings (SSSR count). The number of carbonyl (C=O) groups is 1. The van der Waals surface area contributed by atoms with Gasteiger partial charge in [-0.3, -0.25) is 14.9 Å². The highest BCUT2D eigenvalue weighted by Gasteiger charge is 2.16. The lowest BCUT2D eigenvalue weighted by Gasteiger charge is -2.14. The number of halogens is 2. The Labute approximate surface area is 214 Å². The Kier molecular flexibility index (Phi) is 8.45. The standard InChI is InChI=1S/C24H17ClIN3O5/c1-33-22-11-16(10-20(26)23(22)34-14-15-5-3-2-4-6-15)9-17(13-27)24(30)28-21-8-7-18(29(31)32)12-19(21)25/h2-12H,14H2,1H3,(H,28,30)/b17-9-. The number of ether oxygens (including phenoxy) is 2. The molecule has 10 heteroatoms. The second-order valence-electron chi connectivity index (χ2n) is 6.85. The highest BCUT2D eigenvalue weighted by atomic mass is 127. The number of carbonyl (C=O) groups excluding carboxylic acids is 1. The SMILES string of the molecule is COc1cc(/C=C(/C#N)C(=O)Nc2ccc([N+](=O)[O-])cc2Cl)cc(I)c1OCc1ccccc1. The summed E-state index contributed by atoms with van der Waals surface area (Å²) in [5, 5.41) is 22.9. The van der Waals surface area contributed by atoms with Crippen LogP contribution in [0.2, 0.25) is 5.02 Å². The summed E-state index contributed by atoms with van der Waals surface area (Å²) in [5.74, 6) is 0.284. The number of hydrogen-bond donors (Lipinski definition) is 1. The van der Waals surface area contributed by atoms with Crippen LogP contribution in [-0.4, -0.2) is 17.9 Å². The lowest BCUT2D eigenvalue weighted by atomic mass is 10.1. The number of benzene rings is 3. The van der Waals surface area contributed by atoms with Crippen molar-refractivity contribution in [2.75, 3.05) is 12.4 Å². The minimum atomic E-state index is -0.711. The number of nitriles is 1. The highest BCUT2D eigenvalue weighted by Crippen LogP contribution is 2.35. The van der Waals surface area contributed by atoms with Gasteiger partial charge in [-0.15, -0.1) is 0 Å². The molecule has 0 aromatic heterocycles. The fourth-order valence-electron chi connectivity index (χ4n) is 2.92. The van der Waals surface area contributed by atoms with E-state index in [-0.39, 0.29) is 22.0 Å². The van der Waals surface area contributed by atoms with Gasteiger partial charge in [0.2, 0.25) is 0 Å². The van der Waals surface area contributed by atoms with Crippen LogP contribution in [0.25, 0.3) is 6.08 Å². The molecule has 3 aromatic rings. The largest absolute Gasteiger partial charge is 0.493 e. The van der Waals surface area contributed by atoms with Crippen molar-refractivity contribution in [1.82, 2.24) is 0 Å². The summed E-state index contributed by atoms with van der Waals surface area (Å²) in [4.78, 5) is 22.9. The number of amides is 1. The van der Waals surface area contributed by atoms with Crippen molar-refractivity contribution < 1.29 is 19.2 Å². The summed E-state index contributed by atoms with van der Waals surface area (Å²) < 4.78 is 12.1. The fourth-order valence-corrected chi connectivity index (χ4v) is 3.92. The second kappa shape index (κ2) is 11.5. The normalized spacial score (nSPS) is 10.8. The Balaban J connectivity index is 1.82. The van der Waals surface area contributed by atoms with E-state index in [1.54, 1.807) is 12.1 Å². The number of methoxy groups -OCH3 is 1. The number of nitrogens with one attached hydrogen (secondary N) is 1. The minimum absolute atomic E-state index is 0.0176. The Morgan fingerprint density at radius 1 is 1.24 bits per heavy atom. The number of nitrogens with zero attached hydrogens (tertiary/aromatic N) is 2. The van der Waals surface area contributed by atoms with E-state index in [4.69, 9.17) is 21.1 Å². The fraction of sp³-hybridized carbons (Fsp3) is 0.0833. The van der Waals surface area contributed by atoms with Gasteiger partial charge in [0.25, 0.3) is 11.6 Å². The molecule has 0 bridgehead atoms. The lowest BCUT2D eigenvalue weighted by molar-refractivity contribution is -0.384. The molecule has 3 aromatic carbocycles. The topological polar surface area (TPSA) is 114 Å². The Hall–Kier alpha value is -3.62. The minimum Gasteiger partial charge on any atom is -0.493 e. The molecule has 0 atom stereocenters. The van der Waals surface area contributed by atoms with Gasteiger partial charge in [-0.05, 0) is 58.0 Å². The van der Waals surface area contributed by atoms with Gasteiger partial charge in [-0.25, -0.2) is 0 Å². The van der Waals surface area contributed by atoms with Gasteiger partial charge >= 0.3 is 0 Å². The van der Waals surface area contributed by atoms with E-state index < -0.39 is 10.8 Å². The third-order valence-electron chi connectivity index (χ3n) is 4.57. The quantitative estimate of drug-likeness (QED) is 0.114. The molecule has 0 radical (unpaired) electrons. The Morgan fingerprint density at radius 2 is 1.97 bits per heavy atom. The molecule has 0 saturated carbocycles. The molecule has 1 N–H and O–H groups in total. The molecule has 172 valence electrons. The van der Waals surface area contributed by atoms with Gasteiger partial charge < -0.3 is 14.8 Å². The van der Waals surface area contributed by atoms with E-state index >= 15 is 0 Å². The first kappa shape index (κ1) is 25.0. The molecule has 0 aliphatic carbocycles. The lowest BCUT2D eigenvalue weighted by Crippen LogP contribution is -2.13. The van der Waals surface area contributed by atoms with Crippen molar-refractivity contribution in [3.8, 4) is 17.6 Å². The summed E-state index contributed by atoms with van der Waals surface area (Å²) in [6.07, 6.45) is 1.40. The first-order valence-electron chi connectivity index (χ1n) is 9.73. The van der Waals surface area contributed by atoms with E-state index in [2.05, 4.69) is 27.9 Å². The summed E-state index contributed by atoms with van der Waals surface area (Å²) in [6.45, 7) is 0.351. The van der Waals surface area contributed by atoms with E-state index in [1.165, 1.54) is 25.3 Å². The van der Waals surface area contributed by atoms with E-state index in [0.29, 0.717) is 23.7 Å². The van der Waals surface area contributed by atoms with Gasteiger partial charge in [-0.1, -0.05) is 41.9 Å². The average molecular weight is 590 g/mol. The van der Waals surface area contributed by atoms with E-state index in [9.17, 15) is 20.2 Å². The third kappa shape index (κ3) is 6.24. The number of anilines is 1. The maximum absolute atomic E-state index is 12.6. The first-order chi connectivity index (χ1) is 16.3. The molecule has 0 fully saturated rings. The summed E-state index contributed by atoms with van der Waals surface area (Å²) in [6, 6.07) is 18.6. The van der Waals surface area contributed by atoms with Crippen LogP contribution in [0.1, 0.15) is 11.1 Å². The van der Waals surface area contributed by atoms with Crippen LogP contribution < -0.4 is 14.8 Å². The third-order valence-corrected chi connectivity index (χ3v) is 5.68. The highest BCUT2D eigenvalue weighted by molar-refractivity contribution is 14.1. The van der Waals surface area contributed by atoms with Gasteiger partial charge in [0, 0.05) is 12.1 Å². The van der Waals surface area contributed by atoms with E-state index in [1.807, 2.05) is 36.4 Å². The van der Waals surface area contributed by atoms with Crippen LogP contribution in [0.15, 0.2) is 66.2 Å². The Morgan fingerprint density at radius 3 is 2.59 bits per heavy atom. The average Bonchev–Trinajstić information content (AvgIpc) is 2.83. The second-order valence-corrected chi connectivity index (χ2v) is 8.42. The van der Waals surface area contributed by atoms with Crippen LogP contribution in [0.3, 0.4) is 0 Å². The van der Waals surface area contributed by atoms with Gasteiger partial charge in [0.05, 0.1) is 26.3 Å². The van der Waals surface area contributed by atoms with Gasteiger partial charge in [0.1, 0.15) is 18.2 Å². The maximum Gasteiger partial charge on any atom is 0.271 e. The zero-order valence-corrected chi connectivity index (χ0v) is 20.7. The predicted octanol–water partition coefficient (Wildman–Crippen LogP) is 5.99. The molecule has 0 spiro atoms. The van der Waals surface area contributed by atoms with Gasteiger partial charge in [0.15, 0.2) is 11.5 Å². The Bertz CT molecular complexity index is 1310. The molecular formula is C24H17ClIN3O5. The number of rotatable bonds is 8. The molecule has 0 saturated heterocycles. The molecule has 1 amide bonds. The van der Waals surface area contributed by atoms with Crippen LogP contribution in [0.4, 0.5) is 11.4 Å². The predicted molar refractivity (Wildman–Crippen MR) is 137 cm³/mol. The van der Waals surface area contributed by atoms with Crippen LogP contribution in [-0.2, 0) is 11.4 Å². The number of non-ortho nitro benzene ring substituents is 1. The molecular weight excluding hydrogens is 573 g/mol. The van der Waals surface area contributed by atoms with Crippen molar-refractivity contribution >= 4 is 57.5 Å². The van der Waals surface area contributed by atoms with Crippen molar-refractivity contribution in [3.63, 3.8) is 0 Å². The molecule has 0 unspecified atom stereocenters. The molecule has 34 heavy (non-hydrogen) atoms. The van der Waals surface area contributed by atoms with Gasteiger partial charge in [-0.2, -0.15) is 5.26 Å². The van der Waals surface area contributed by atoms with Crippen LogP contribution in [0.5, 0.6) is 11.5 Å². The van der Waals surface area contributed by atoms with Crippen molar-refractivity contribution in [2.24, 2.45) is 0 Å². The van der Waals surface area contributed by atoms with E-state index in [0.717, 1.165) is 15.2 Å². The first-order valence-corrected chi connectivity index (χ1v) is 11.2. The smallest absolute Gasteiger partial charge is 0.271 e. The summed E-state index contributed by atoms with van der Waals surface area (Å²) in [7, 11) is 1.50. The maximum atomic E-state index is 12.6. The molecule has 0 heterocycles. The zero-order chi connectivity index (χ0) is 24.7. The van der Waals surface area contributed by atoms with Crippen LogP contribution >= 0.6 is 34.2 Å². The molecule has 0 aliphatic rings. The van der Waals surface area contributed by atoms with Crippen LogP contribution in [0, 0.1) is 25.0 Å². The van der Waals surface area contributed by atoms with Crippen molar-refractivity contribution in [1.29, 1.82) is 5.26 Å².